The molecule has 1 atom stereocenters. The maximum atomic E-state index is 14.1. The van der Waals surface area contributed by atoms with Gasteiger partial charge in [-0.3, -0.25) is 9.59 Å². The number of anilines is 2. The standard InChI is InChI=1S/C22H26FN3O4S/c1-4-25(5-2)31(29,30)17-11-10-15(3)19(13-17)24-22(28)16-12-21(27)26(14-16)20-9-7-6-8-18(20)23/h6-11,13,16H,4-5,12,14H2,1-3H3,(H,24,28). The second-order valence-corrected chi connectivity index (χ2v) is 9.35. The minimum absolute atomic E-state index is 0.0450. The molecule has 0 radical (unpaired) electrons. The number of carbonyl (C=O) groups excluding carboxylic acids is 2. The van der Waals surface area contributed by atoms with Crippen molar-refractivity contribution in [3.8, 4) is 0 Å². The zero-order valence-electron chi connectivity index (χ0n) is 17.8. The minimum Gasteiger partial charge on any atom is -0.325 e. The second-order valence-electron chi connectivity index (χ2n) is 7.41. The Bertz CT molecular complexity index is 1100. The fraction of sp³-hybridized carbons (Fsp3) is 0.364. The monoisotopic (exact) mass is 447 g/mol. The van der Waals surface area contributed by atoms with E-state index in [1.807, 2.05) is 0 Å². The van der Waals surface area contributed by atoms with Crippen LogP contribution in [-0.2, 0) is 19.6 Å². The molecule has 3 rings (SSSR count). The van der Waals surface area contributed by atoms with Crippen LogP contribution in [0.25, 0.3) is 0 Å². The first-order chi connectivity index (χ1) is 14.7. The molecule has 7 nitrogen and oxygen atoms in total. The first kappa shape index (κ1) is 22.9. The fourth-order valence-corrected chi connectivity index (χ4v) is 5.12. The Kier molecular flexibility index (Phi) is 6.76. The molecule has 2 aromatic carbocycles. The summed E-state index contributed by atoms with van der Waals surface area (Å²) in [6.45, 7) is 6.01. The number of nitrogens with zero attached hydrogens (tertiary/aromatic N) is 2. The van der Waals surface area contributed by atoms with E-state index in [0.29, 0.717) is 24.3 Å². The Hall–Kier alpha value is -2.78. The summed E-state index contributed by atoms with van der Waals surface area (Å²) in [5, 5.41) is 2.75. The minimum atomic E-state index is -3.68. The van der Waals surface area contributed by atoms with Crippen molar-refractivity contribution in [1.29, 1.82) is 0 Å². The third-order valence-corrected chi connectivity index (χ3v) is 7.50. The maximum absolute atomic E-state index is 14.1. The van der Waals surface area contributed by atoms with E-state index in [9.17, 15) is 22.4 Å². The topological polar surface area (TPSA) is 86.8 Å². The van der Waals surface area contributed by atoms with Crippen LogP contribution in [0.2, 0.25) is 0 Å². The summed E-state index contributed by atoms with van der Waals surface area (Å²) >= 11 is 0. The van der Waals surface area contributed by atoms with E-state index in [0.717, 1.165) is 0 Å². The lowest BCUT2D eigenvalue weighted by Crippen LogP contribution is -2.31. The maximum Gasteiger partial charge on any atom is 0.243 e. The molecular weight excluding hydrogens is 421 g/mol. The van der Waals surface area contributed by atoms with Crippen LogP contribution < -0.4 is 10.2 Å². The van der Waals surface area contributed by atoms with Crippen LogP contribution in [0.1, 0.15) is 25.8 Å². The van der Waals surface area contributed by atoms with Crippen LogP contribution in [-0.4, -0.2) is 44.2 Å². The van der Waals surface area contributed by atoms with Crippen LogP contribution in [0.15, 0.2) is 47.4 Å². The highest BCUT2D eigenvalue weighted by molar-refractivity contribution is 7.89. The van der Waals surface area contributed by atoms with E-state index in [-0.39, 0.29) is 29.5 Å². The Morgan fingerprint density at radius 1 is 1.19 bits per heavy atom. The van der Waals surface area contributed by atoms with E-state index in [4.69, 9.17) is 0 Å². The SMILES string of the molecule is CCN(CC)S(=O)(=O)c1ccc(C)c(NC(=O)C2CC(=O)N(c3ccccc3F)C2)c1. The lowest BCUT2D eigenvalue weighted by atomic mass is 10.1. The molecule has 1 N–H and O–H groups in total. The number of carbonyl (C=O) groups is 2. The highest BCUT2D eigenvalue weighted by Crippen LogP contribution is 2.29. The molecule has 0 saturated carbocycles. The normalized spacial score (nSPS) is 16.7. The summed E-state index contributed by atoms with van der Waals surface area (Å²) in [5.41, 5.74) is 1.21. The second kappa shape index (κ2) is 9.15. The molecule has 0 aliphatic carbocycles. The average Bonchev–Trinajstić information content (AvgIpc) is 3.12. The van der Waals surface area contributed by atoms with Crippen molar-refractivity contribution in [3.63, 3.8) is 0 Å². The summed E-state index contributed by atoms with van der Waals surface area (Å²) in [6, 6.07) is 10.5. The van der Waals surface area contributed by atoms with Crippen LogP contribution in [0.3, 0.4) is 0 Å². The van der Waals surface area contributed by atoms with Gasteiger partial charge in [-0.1, -0.05) is 32.0 Å². The molecule has 1 saturated heterocycles. The number of aryl methyl sites for hydroxylation is 1. The van der Waals surface area contributed by atoms with Crippen LogP contribution in [0, 0.1) is 18.7 Å². The summed E-state index contributed by atoms with van der Waals surface area (Å²) in [4.78, 5) is 26.6. The third-order valence-electron chi connectivity index (χ3n) is 5.45. The number of halogens is 1. The zero-order valence-corrected chi connectivity index (χ0v) is 18.6. The van der Waals surface area contributed by atoms with Gasteiger partial charge in [0.2, 0.25) is 21.8 Å². The average molecular weight is 448 g/mol. The molecule has 2 amide bonds. The highest BCUT2D eigenvalue weighted by atomic mass is 32.2. The molecule has 9 heteroatoms. The first-order valence-electron chi connectivity index (χ1n) is 10.2. The van der Waals surface area contributed by atoms with Gasteiger partial charge in [0.1, 0.15) is 5.82 Å². The molecule has 0 spiro atoms. The van der Waals surface area contributed by atoms with Gasteiger partial charge in [0.15, 0.2) is 0 Å². The van der Waals surface area contributed by atoms with E-state index >= 15 is 0 Å². The molecule has 1 fully saturated rings. The van der Waals surface area contributed by atoms with Crippen molar-refractivity contribution in [2.24, 2.45) is 5.92 Å². The molecular formula is C22H26FN3O4S. The van der Waals surface area contributed by atoms with E-state index in [2.05, 4.69) is 5.32 Å². The molecule has 1 aliphatic rings. The number of sulfonamides is 1. The van der Waals surface area contributed by atoms with Gasteiger partial charge in [-0.2, -0.15) is 4.31 Å². The summed E-state index contributed by atoms with van der Waals surface area (Å²) in [7, 11) is -3.68. The smallest absolute Gasteiger partial charge is 0.243 e. The Balaban J connectivity index is 1.80. The molecule has 1 aliphatic heterocycles. The van der Waals surface area contributed by atoms with E-state index in [1.165, 1.54) is 39.5 Å². The molecule has 0 aromatic heterocycles. The predicted octanol–water partition coefficient (Wildman–Crippen LogP) is 3.16. The number of benzene rings is 2. The summed E-state index contributed by atoms with van der Waals surface area (Å²) in [5.74, 6) is -1.94. The van der Waals surface area contributed by atoms with Crippen molar-refractivity contribution in [1.82, 2.24) is 4.31 Å². The van der Waals surface area contributed by atoms with Crippen LogP contribution in [0.5, 0.6) is 0 Å². The van der Waals surface area contributed by atoms with Gasteiger partial charge in [0.25, 0.3) is 0 Å². The van der Waals surface area contributed by atoms with Gasteiger partial charge < -0.3 is 10.2 Å². The number of hydrogen-bond donors (Lipinski definition) is 1. The van der Waals surface area contributed by atoms with Gasteiger partial charge in [-0.15, -0.1) is 0 Å². The Labute approximate surface area is 181 Å². The predicted molar refractivity (Wildman–Crippen MR) is 117 cm³/mol. The third kappa shape index (κ3) is 4.62. The van der Waals surface area contributed by atoms with Crippen molar-refractivity contribution in [2.75, 3.05) is 29.9 Å². The number of hydrogen-bond acceptors (Lipinski definition) is 4. The van der Waals surface area contributed by atoms with Gasteiger partial charge in [-0.05, 0) is 36.8 Å². The van der Waals surface area contributed by atoms with Crippen molar-refractivity contribution in [3.05, 3.63) is 53.8 Å². The van der Waals surface area contributed by atoms with E-state index < -0.39 is 27.7 Å². The summed E-state index contributed by atoms with van der Waals surface area (Å²) < 4.78 is 41.0. The number of nitrogens with one attached hydrogen (secondary N) is 1. The van der Waals surface area contributed by atoms with Crippen molar-refractivity contribution in [2.45, 2.75) is 32.1 Å². The zero-order chi connectivity index (χ0) is 22.8. The van der Waals surface area contributed by atoms with Crippen molar-refractivity contribution < 1.29 is 22.4 Å². The van der Waals surface area contributed by atoms with Gasteiger partial charge in [-0.25, -0.2) is 12.8 Å². The van der Waals surface area contributed by atoms with E-state index in [1.54, 1.807) is 32.9 Å². The van der Waals surface area contributed by atoms with Crippen LogP contribution >= 0.6 is 0 Å². The molecule has 166 valence electrons. The lowest BCUT2D eigenvalue weighted by Gasteiger charge is -2.20. The number of para-hydroxylation sites is 1. The van der Waals surface area contributed by atoms with Gasteiger partial charge in [0.05, 0.1) is 16.5 Å². The summed E-state index contributed by atoms with van der Waals surface area (Å²) in [6.07, 6.45) is -0.0450. The molecule has 1 heterocycles. The number of amides is 2. The quantitative estimate of drug-likeness (QED) is 0.706. The molecule has 1 unspecified atom stereocenters. The molecule has 2 aromatic rings. The molecule has 0 bridgehead atoms. The first-order valence-corrected chi connectivity index (χ1v) is 11.6. The van der Waals surface area contributed by atoms with Gasteiger partial charge >= 0.3 is 0 Å². The van der Waals surface area contributed by atoms with Crippen LogP contribution in [0.4, 0.5) is 15.8 Å². The number of rotatable bonds is 7. The Morgan fingerprint density at radius 2 is 1.87 bits per heavy atom. The lowest BCUT2D eigenvalue weighted by molar-refractivity contribution is -0.122. The molecule has 31 heavy (non-hydrogen) atoms. The fourth-order valence-electron chi connectivity index (χ4n) is 3.63. The van der Waals surface area contributed by atoms with Crippen molar-refractivity contribution >= 4 is 33.2 Å². The highest BCUT2D eigenvalue weighted by Gasteiger charge is 2.36. The largest absolute Gasteiger partial charge is 0.325 e. The Morgan fingerprint density at radius 3 is 2.52 bits per heavy atom. The van der Waals surface area contributed by atoms with Gasteiger partial charge in [0, 0.05) is 31.7 Å².